The van der Waals surface area contributed by atoms with Gasteiger partial charge >= 0.3 is 0 Å². The fraction of sp³-hybridized carbons (Fsp3) is 0.500. The van der Waals surface area contributed by atoms with E-state index in [0.717, 1.165) is 0 Å². The Balaban J connectivity index is 2.80. The molecule has 1 atom stereocenters. The smallest absolute Gasteiger partial charge is 0.270 e. The van der Waals surface area contributed by atoms with Gasteiger partial charge in [0.25, 0.3) is 5.69 Å². The molecule has 1 unspecified atom stereocenters. The SMILES string of the molecule is COCCCOc1ccc([N+](=O)[O-])cc1C(C)O. The Labute approximate surface area is 105 Å². The Hall–Kier alpha value is -1.66. The van der Waals surface area contributed by atoms with Gasteiger partial charge < -0.3 is 14.6 Å². The summed E-state index contributed by atoms with van der Waals surface area (Å²) in [5, 5.41) is 20.2. The Kier molecular flexibility index (Phi) is 5.54. The maximum Gasteiger partial charge on any atom is 0.270 e. The van der Waals surface area contributed by atoms with Crippen molar-refractivity contribution in [3.63, 3.8) is 0 Å². The lowest BCUT2D eigenvalue weighted by atomic mass is 10.1. The van der Waals surface area contributed by atoms with Gasteiger partial charge in [-0.3, -0.25) is 10.1 Å². The number of aliphatic hydroxyl groups is 1. The van der Waals surface area contributed by atoms with Crippen LogP contribution in [0.15, 0.2) is 18.2 Å². The Bertz CT molecular complexity index is 405. The van der Waals surface area contributed by atoms with Crippen molar-refractivity contribution < 1.29 is 19.5 Å². The van der Waals surface area contributed by atoms with Crippen LogP contribution in [0.4, 0.5) is 5.69 Å². The third-order valence-corrected chi connectivity index (χ3v) is 2.40. The van der Waals surface area contributed by atoms with Crippen molar-refractivity contribution in [3.05, 3.63) is 33.9 Å². The predicted molar refractivity (Wildman–Crippen MR) is 65.7 cm³/mol. The molecule has 1 aromatic rings. The van der Waals surface area contributed by atoms with Gasteiger partial charge in [0.1, 0.15) is 5.75 Å². The van der Waals surface area contributed by atoms with Gasteiger partial charge in [-0.2, -0.15) is 0 Å². The molecule has 6 heteroatoms. The lowest BCUT2D eigenvalue weighted by molar-refractivity contribution is -0.385. The maximum absolute atomic E-state index is 10.7. The molecule has 1 aromatic carbocycles. The first kappa shape index (κ1) is 14.4. The van der Waals surface area contributed by atoms with E-state index < -0.39 is 11.0 Å². The lowest BCUT2D eigenvalue weighted by Gasteiger charge is -2.13. The van der Waals surface area contributed by atoms with E-state index in [-0.39, 0.29) is 5.69 Å². The number of rotatable bonds is 7. The average Bonchev–Trinajstić information content (AvgIpc) is 2.34. The van der Waals surface area contributed by atoms with Gasteiger partial charge in [0.05, 0.1) is 17.6 Å². The molecule has 0 saturated carbocycles. The first-order chi connectivity index (χ1) is 8.56. The molecule has 1 N–H and O–H groups in total. The highest BCUT2D eigenvalue weighted by Gasteiger charge is 2.15. The van der Waals surface area contributed by atoms with Crippen LogP contribution < -0.4 is 4.74 Å². The molecule has 0 aliphatic rings. The van der Waals surface area contributed by atoms with Crippen LogP contribution in [0.25, 0.3) is 0 Å². The second kappa shape index (κ2) is 6.93. The van der Waals surface area contributed by atoms with Gasteiger partial charge in [0, 0.05) is 37.8 Å². The molecule has 0 aliphatic heterocycles. The van der Waals surface area contributed by atoms with E-state index in [1.54, 1.807) is 14.0 Å². The van der Waals surface area contributed by atoms with Crippen molar-refractivity contribution in [1.29, 1.82) is 0 Å². The molecule has 0 amide bonds. The van der Waals surface area contributed by atoms with Crippen molar-refractivity contribution in [2.75, 3.05) is 20.3 Å². The van der Waals surface area contributed by atoms with Crippen molar-refractivity contribution in [2.45, 2.75) is 19.4 Å². The molecule has 100 valence electrons. The van der Waals surface area contributed by atoms with Crippen LogP contribution in [-0.4, -0.2) is 30.4 Å². The van der Waals surface area contributed by atoms with E-state index in [4.69, 9.17) is 9.47 Å². The Morgan fingerprint density at radius 1 is 1.44 bits per heavy atom. The highest BCUT2D eigenvalue weighted by molar-refractivity contribution is 5.44. The van der Waals surface area contributed by atoms with Crippen LogP contribution >= 0.6 is 0 Å². The Morgan fingerprint density at radius 3 is 2.72 bits per heavy atom. The fourth-order valence-electron chi connectivity index (χ4n) is 1.49. The van der Waals surface area contributed by atoms with Gasteiger partial charge in [-0.15, -0.1) is 0 Å². The monoisotopic (exact) mass is 255 g/mol. The minimum absolute atomic E-state index is 0.0601. The van der Waals surface area contributed by atoms with E-state index in [1.165, 1.54) is 18.2 Å². The van der Waals surface area contributed by atoms with Crippen molar-refractivity contribution in [1.82, 2.24) is 0 Å². The van der Waals surface area contributed by atoms with Crippen LogP contribution in [0.1, 0.15) is 25.0 Å². The zero-order valence-electron chi connectivity index (χ0n) is 10.5. The topological polar surface area (TPSA) is 81.8 Å². The molecule has 0 saturated heterocycles. The fourth-order valence-corrected chi connectivity index (χ4v) is 1.49. The number of aliphatic hydroxyl groups excluding tert-OH is 1. The van der Waals surface area contributed by atoms with Crippen molar-refractivity contribution in [3.8, 4) is 5.75 Å². The summed E-state index contributed by atoms with van der Waals surface area (Å²) >= 11 is 0. The second-order valence-corrected chi connectivity index (χ2v) is 3.85. The molecule has 0 heterocycles. The first-order valence-corrected chi connectivity index (χ1v) is 5.64. The summed E-state index contributed by atoms with van der Waals surface area (Å²) in [6.45, 7) is 2.56. The molecule has 6 nitrogen and oxygen atoms in total. The van der Waals surface area contributed by atoms with Crippen LogP contribution in [-0.2, 0) is 4.74 Å². The minimum Gasteiger partial charge on any atom is -0.493 e. The second-order valence-electron chi connectivity index (χ2n) is 3.85. The Morgan fingerprint density at radius 2 is 2.17 bits per heavy atom. The van der Waals surface area contributed by atoms with E-state index in [1.807, 2.05) is 0 Å². The summed E-state index contributed by atoms with van der Waals surface area (Å²) in [5.74, 6) is 0.465. The van der Waals surface area contributed by atoms with E-state index in [9.17, 15) is 15.2 Å². The number of hydrogen-bond acceptors (Lipinski definition) is 5. The number of hydrogen-bond donors (Lipinski definition) is 1. The molecule has 0 aliphatic carbocycles. The van der Waals surface area contributed by atoms with Crippen LogP contribution in [0.5, 0.6) is 5.75 Å². The molecule has 1 rings (SSSR count). The molecule has 18 heavy (non-hydrogen) atoms. The van der Waals surface area contributed by atoms with Crippen LogP contribution in [0.3, 0.4) is 0 Å². The standard InChI is InChI=1S/C12H17NO5/c1-9(14)11-8-10(13(15)16)4-5-12(11)18-7-3-6-17-2/h4-5,8-9,14H,3,6-7H2,1-2H3. The summed E-state index contributed by atoms with van der Waals surface area (Å²) < 4.78 is 10.4. The molecule has 0 fully saturated rings. The maximum atomic E-state index is 10.7. The quantitative estimate of drug-likeness (QED) is 0.458. The summed E-state index contributed by atoms with van der Waals surface area (Å²) in [6.07, 6.45) is -0.102. The molecular formula is C12H17NO5. The number of nitro benzene ring substituents is 1. The summed E-state index contributed by atoms with van der Waals surface area (Å²) in [5.41, 5.74) is 0.358. The van der Waals surface area contributed by atoms with Crippen LogP contribution in [0.2, 0.25) is 0 Å². The van der Waals surface area contributed by atoms with Gasteiger partial charge in [0.2, 0.25) is 0 Å². The van der Waals surface area contributed by atoms with Crippen molar-refractivity contribution >= 4 is 5.69 Å². The van der Waals surface area contributed by atoms with Gasteiger partial charge in [-0.25, -0.2) is 0 Å². The third kappa shape index (κ3) is 3.97. The van der Waals surface area contributed by atoms with E-state index in [2.05, 4.69) is 0 Å². The number of ether oxygens (including phenoxy) is 2. The zero-order valence-corrected chi connectivity index (χ0v) is 10.5. The molecule has 0 aromatic heterocycles. The molecular weight excluding hydrogens is 238 g/mol. The number of nitrogens with zero attached hydrogens (tertiary/aromatic N) is 1. The van der Waals surface area contributed by atoms with E-state index in [0.29, 0.717) is 30.9 Å². The van der Waals surface area contributed by atoms with E-state index >= 15 is 0 Å². The summed E-state index contributed by atoms with van der Waals surface area (Å²) in [6, 6.07) is 4.20. The summed E-state index contributed by atoms with van der Waals surface area (Å²) in [7, 11) is 1.60. The average molecular weight is 255 g/mol. The number of nitro groups is 1. The van der Waals surface area contributed by atoms with Crippen molar-refractivity contribution in [2.24, 2.45) is 0 Å². The van der Waals surface area contributed by atoms with Crippen LogP contribution in [0, 0.1) is 10.1 Å². The number of non-ortho nitro benzene ring substituents is 1. The minimum atomic E-state index is -0.817. The normalized spacial score (nSPS) is 12.2. The highest BCUT2D eigenvalue weighted by atomic mass is 16.6. The highest BCUT2D eigenvalue weighted by Crippen LogP contribution is 2.29. The molecule has 0 radical (unpaired) electrons. The van der Waals surface area contributed by atoms with Gasteiger partial charge in [0.15, 0.2) is 0 Å². The largest absolute Gasteiger partial charge is 0.493 e. The molecule has 0 bridgehead atoms. The third-order valence-electron chi connectivity index (χ3n) is 2.40. The lowest BCUT2D eigenvalue weighted by Crippen LogP contribution is -2.05. The number of benzene rings is 1. The van der Waals surface area contributed by atoms with Gasteiger partial charge in [-0.1, -0.05) is 0 Å². The zero-order chi connectivity index (χ0) is 13.5. The predicted octanol–water partition coefficient (Wildman–Crippen LogP) is 2.06. The molecule has 0 spiro atoms. The first-order valence-electron chi connectivity index (χ1n) is 5.64. The van der Waals surface area contributed by atoms with Gasteiger partial charge in [-0.05, 0) is 13.0 Å². The number of methoxy groups -OCH3 is 1. The summed E-state index contributed by atoms with van der Waals surface area (Å²) in [4.78, 5) is 10.2.